The molecule has 2 N–H and O–H groups in total. The van der Waals surface area contributed by atoms with E-state index in [4.69, 9.17) is 31.5 Å². The van der Waals surface area contributed by atoms with Gasteiger partial charge in [-0.1, -0.05) is 30.3 Å². The first-order valence-corrected chi connectivity index (χ1v) is 11.1. The second-order valence-corrected chi connectivity index (χ2v) is 7.72. The fourth-order valence-corrected chi connectivity index (χ4v) is 3.62. The van der Waals surface area contributed by atoms with Gasteiger partial charge in [-0.3, -0.25) is 5.43 Å². The number of thiocarbonyl (C=S) groups is 1. The number of hydrazone groups is 1. The van der Waals surface area contributed by atoms with Crippen molar-refractivity contribution in [3.63, 3.8) is 0 Å². The number of para-hydroxylation sites is 3. The molecule has 0 amide bonds. The number of hydrogen-bond acceptors (Lipinski definition) is 6. The van der Waals surface area contributed by atoms with Crippen LogP contribution in [0.15, 0.2) is 84.1 Å². The molecule has 4 aromatic rings. The number of nitrogens with zero attached hydrogens (tertiary/aromatic N) is 3. The second kappa shape index (κ2) is 11.2. The molecule has 0 fully saturated rings. The minimum atomic E-state index is 0.328. The Bertz CT molecular complexity index is 1340. The summed E-state index contributed by atoms with van der Waals surface area (Å²) >= 11 is 5.38. The fourth-order valence-electron chi connectivity index (χ4n) is 3.46. The summed E-state index contributed by atoms with van der Waals surface area (Å²) in [5.74, 6) is 1.94. The van der Waals surface area contributed by atoms with Gasteiger partial charge in [-0.15, -0.1) is 0 Å². The van der Waals surface area contributed by atoms with Crippen molar-refractivity contribution in [2.24, 2.45) is 5.10 Å². The Morgan fingerprint density at radius 3 is 2.34 bits per heavy atom. The second-order valence-electron chi connectivity index (χ2n) is 7.31. The number of methoxy groups -OCH3 is 3. The Morgan fingerprint density at radius 1 is 0.886 bits per heavy atom. The molecular formula is C26H25N5O3S. The highest BCUT2D eigenvalue weighted by atomic mass is 32.1. The predicted molar refractivity (Wildman–Crippen MR) is 142 cm³/mol. The lowest BCUT2D eigenvalue weighted by Gasteiger charge is -2.10. The molecular weight excluding hydrogens is 462 g/mol. The van der Waals surface area contributed by atoms with Crippen molar-refractivity contribution in [3.05, 3.63) is 84.6 Å². The van der Waals surface area contributed by atoms with Gasteiger partial charge in [-0.05, 0) is 54.7 Å². The molecule has 9 heteroatoms. The fraction of sp³-hybridized carbons (Fsp3) is 0.115. The number of hydrogen-bond donors (Lipinski definition) is 2. The van der Waals surface area contributed by atoms with E-state index in [1.54, 1.807) is 32.2 Å². The topological polar surface area (TPSA) is 81.9 Å². The summed E-state index contributed by atoms with van der Waals surface area (Å²) in [6.45, 7) is 0. The highest BCUT2D eigenvalue weighted by molar-refractivity contribution is 7.80. The summed E-state index contributed by atoms with van der Waals surface area (Å²) in [5.41, 5.74) is 6.89. The van der Waals surface area contributed by atoms with E-state index in [2.05, 4.69) is 15.8 Å². The molecule has 0 spiro atoms. The first-order chi connectivity index (χ1) is 17.1. The van der Waals surface area contributed by atoms with E-state index in [1.807, 2.05) is 79.0 Å². The van der Waals surface area contributed by atoms with Gasteiger partial charge in [0.2, 0.25) is 0 Å². The largest absolute Gasteiger partial charge is 0.495 e. The zero-order valence-electron chi connectivity index (χ0n) is 19.6. The third-order valence-electron chi connectivity index (χ3n) is 5.15. The average molecular weight is 488 g/mol. The zero-order valence-corrected chi connectivity index (χ0v) is 20.4. The summed E-state index contributed by atoms with van der Waals surface area (Å²) in [5, 5.41) is 12.6. The Kier molecular flexibility index (Phi) is 7.59. The molecule has 0 aliphatic carbocycles. The number of nitrogens with one attached hydrogen (secondary N) is 2. The maximum absolute atomic E-state index is 5.48. The molecule has 35 heavy (non-hydrogen) atoms. The van der Waals surface area contributed by atoms with Crippen molar-refractivity contribution in [2.45, 2.75) is 0 Å². The monoisotopic (exact) mass is 487 g/mol. The van der Waals surface area contributed by atoms with Gasteiger partial charge < -0.3 is 19.5 Å². The molecule has 0 bridgehead atoms. The maximum Gasteiger partial charge on any atom is 0.191 e. The molecule has 0 saturated heterocycles. The SMILES string of the molecule is COc1ccccc1NC(=S)NN=Cc1cn(-c2ccccc2)nc1-c1ccc(OC)c(OC)c1. The van der Waals surface area contributed by atoms with E-state index < -0.39 is 0 Å². The van der Waals surface area contributed by atoms with Crippen molar-refractivity contribution in [3.8, 4) is 34.2 Å². The molecule has 178 valence electrons. The summed E-state index contributed by atoms with van der Waals surface area (Å²) in [6, 6.07) is 23.0. The van der Waals surface area contributed by atoms with Gasteiger partial charge in [0.05, 0.1) is 38.9 Å². The van der Waals surface area contributed by atoms with Crippen LogP contribution in [0.1, 0.15) is 5.56 Å². The molecule has 1 heterocycles. The molecule has 1 aromatic heterocycles. The van der Waals surface area contributed by atoms with Gasteiger partial charge in [-0.25, -0.2) is 4.68 Å². The van der Waals surface area contributed by atoms with Gasteiger partial charge in [-0.2, -0.15) is 10.2 Å². The van der Waals surface area contributed by atoms with Crippen LogP contribution in [0.2, 0.25) is 0 Å². The normalized spacial score (nSPS) is 10.7. The van der Waals surface area contributed by atoms with Crippen molar-refractivity contribution in [1.82, 2.24) is 15.2 Å². The standard InChI is InChI=1S/C26H25N5O3S/c1-32-22-12-8-7-11-21(22)28-26(35)29-27-16-19-17-31(20-9-5-4-6-10-20)30-25(19)18-13-14-23(33-2)24(15-18)34-3/h4-17H,1-3H3,(H2,28,29,35). The third-order valence-corrected chi connectivity index (χ3v) is 5.34. The Labute approximate surface area is 209 Å². The van der Waals surface area contributed by atoms with Crippen LogP contribution in [-0.2, 0) is 0 Å². The number of rotatable bonds is 8. The molecule has 3 aromatic carbocycles. The summed E-state index contributed by atoms with van der Waals surface area (Å²) in [7, 11) is 4.81. The summed E-state index contributed by atoms with van der Waals surface area (Å²) in [6.07, 6.45) is 3.58. The van der Waals surface area contributed by atoms with Gasteiger partial charge in [0.15, 0.2) is 16.6 Å². The van der Waals surface area contributed by atoms with Crippen LogP contribution < -0.4 is 25.0 Å². The van der Waals surface area contributed by atoms with E-state index in [9.17, 15) is 0 Å². The summed E-state index contributed by atoms with van der Waals surface area (Å²) in [4.78, 5) is 0. The van der Waals surface area contributed by atoms with E-state index in [-0.39, 0.29) is 0 Å². The van der Waals surface area contributed by atoms with Crippen molar-refractivity contribution >= 4 is 29.2 Å². The minimum Gasteiger partial charge on any atom is -0.495 e. The quantitative estimate of drug-likeness (QED) is 0.208. The molecule has 8 nitrogen and oxygen atoms in total. The summed E-state index contributed by atoms with van der Waals surface area (Å²) < 4.78 is 18.0. The Balaban J connectivity index is 1.61. The van der Waals surface area contributed by atoms with E-state index >= 15 is 0 Å². The average Bonchev–Trinajstić information content (AvgIpc) is 3.33. The van der Waals surface area contributed by atoms with Crippen LogP contribution in [0.3, 0.4) is 0 Å². The predicted octanol–water partition coefficient (Wildman–Crippen LogP) is 4.89. The molecule has 0 atom stereocenters. The molecule has 0 aliphatic rings. The zero-order chi connectivity index (χ0) is 24.6. The van der Waals surface area contributed by atoms with Gasteiger partial charge >= 0.3 is 0 Å². The van der Waals surface area contributed by atoms with E-state index in [1.165, 1.54) is 0 Å². The Morgan fingerprint density at radius 2 is 1.60 bits per heavy atom. The molecule has 0 radical (unpaired) electrons. The van der Waals surface area contributed by atoms with Gasteiger partial charge in [0, 0.05) is 17.3 Å². The smallest absolute Gasteiger partial charge is 0.191 e. The minimum absolute atomic E-state index is 0.328. The highest BCUT2D eigenvalue weighted by Gasteiger charge is 2.14. The van der Waals surface area contributed by atoms with Crippen LogP contribution in [-0.4, -0.2) is 42.4 Å². The van der Waals surface area contributed by atoms with Crippen molar-refractivity contribution in [1.29, 1.82) is 0 Å². The highest BCUT2D eigenvalue weighted by Crippen LogP contribution is 2.33. The number of anilines is 1. The number of aromatic nitrogens is 2. The lowest BCUT2D eigenvalue weighted by molar-refractivity contribution is 0.355. The first kappa shape index (κ1) is 23.8. The lowest BCUT2D eigenvalue weighted by atomic mass is 10.1. The van der Waals surface area contributed by atoms with Crippen molar-refractivity contribution in [2.75, 3.05) is 26.6 Å². The molecule has 4 rings (SSSR count). The number of benzene rings is 3. The van der Waals surface area contributed by atoms with Crippen LogP contribution in [0.25, 0.3) is 16.9 Å². The number of ether oxygens (including phenoxy) is 3. The van der Waals surface area contributed by atoms with Gasteiger partial charge in [0.1, 0.15) is 11.4 Å². The van der Waals surface area contributed by atoms with E-state index in [0.29, 0.717) is 22.4 Å². The molecule has 0 saturated carbocycles. The molecule has 0 unspecified atom stereocenters. The third kappa shape index (κ3) is 5.59. The van der Waals surface area contributed by atoms with Crippen LogP contribution in [0, 0.1) is 0 Å². The first-order valence-electron chi connectivity index (χ1n) is 10.7. The van der Waals surface area contributed by atoms with Crippen LogP contribution in [0.5, 0.6) is 17.2 Å². The van der Waals surface area contributed by atoms with Crippen molar-refractivity contribution < 1.29 is 14.2 Å². The lowest BCUT2D eigenvalue weighted by Crippen LogP contribution is -2.24. The van der Waals surface area contributed by atoms with Gasteiger partial charge in [0.25, 0.3) is 0 Å². The van der Waals surface area contributed by atoms with Crippen LogP contribution in [0.4, 0.5) is 5.69 Å². The Hall–Kier alpha value is -4.37. The molecule has 0 aliphatic heterocycles. The van der Waals surface area contributed by atoms with E-state index in [0.717, 1.165) is 28.2 Å². The van der Waals surface area contributed by atoms with Crippen LogP contribution >= 0.6 is 12.2 Å². The maximum atomic E-state index is 5.48.